The van der Waals surface area contributed by atoms with Crippen molar-refractivity contribution in [3.63, 3.8) is 0 Å². The minimum atomic E-state index is -0.544. The minimum Gasteiger partial charge on any atom is -0.454 e. The Morgan fingerprint density at radius 2 is 1.85 bits per heavy atom. The van der Waals surface area contributed by atoms with Crippen molar-refractivity contribution >= 4 is 23.3 Å². The zero-order valence-electron chi connectivity index (χ0n) is 14.6. The maximum atomic E-state index is 13.8. The Kier molecular flexibility index (Phi) is 5.05. The van der Waals surface area contributed by atoms with Crippen LogP contribution in [-0.2, 0) is 6.54 Å². The highest BCUT2D eigenvalue weighted by molar-refractivity contribution is 6.30. The van der Waals surface area contributed by atoms with E-state index in [9.17, 15) is 9.18 Å². The minimum absolute atomic E-state index is 0.132. The van der Waals surface area contributed by atoms with Gasteiger partial charge in [0.05, 0.1) is 5.69 Å². The molecule has 8 heteroatoms. The standard InChI is InChI=1S/C19H19ClFN3O3/c20-14-2-3-16(15(21)10-14)22-19(25)24-7-5-23(6-8-24)11-13-1-4-17-18(9-13)27-12-26-17/h1-4,9-10H,5-8,11-12H2,(H,22,25). The number of amides is 2. The molecule has 0 spiro atoms. The van der Waals surface area contributed by atoms with Crippen LogP contribution in [0.25, 0.3) is 0 Å². The molecule has 2 amide bonds. The van der Waals surface area contributed by atoms with Gasteiger partial charge in [-0.2, -0.15) is 0 Å². The van der Waals surface area contributed by atoms with Crippen LogP contribution in [0.1, 0.15) is 5.56 Å². The number of benzene rings is 2. The van der Waals surface area contributed by atoms with Crippen molar-refractivity contribution in [3.05, 3.63) is 52.8 Å². The zero-order valence-corrected chi connectivity index (χ0v) is 15.3. The SMILES string of the molecule is O=C(Nc1ccc(Cl)cc1F)N1CCN(Cc2ccc3c(c2)OCO3)CC1. The van der Waals surface area contributed by atoms with Crippen molar-refractivity contribution in [3.8, 4) is 11.5 Å². The van der Waals surface area contributed by atoms with Gasteiger partial charge in [0.15, 0.2) is 11.5 Å². The fourth-order valence-electron chi connectivity index (χ4n) is 3.19. The predicted octanol–water partition coefficient (Wildman–Crippen LogP) is 3.56. The lowest BCUT2D eigenvalue weighted by Crippen LogP contribution is -2.49. The number of hydrogen-bond acceptors (Lipinski definition) is 4. The third-order valence-corrected chi connectivity index (χ3v) is 4.91. The Morgan fingerprint density at radius 3 is 2.63 bits per heavy atom. The first-order valence-electron chi connectivity index (χ1n) is 8.70. The zero-order chi connectivity index (χ0) is 18.8. The smallest absolute Gasteiger partial charge is 0.322 e. The molecule has 1 saturated heterocycles. The lowest BCUT2D eigenvalue weighted by Gasteiger charge is -2.34. The van der Waals surface area contributed by atoms with Gasteiger partial charge in [-0.3, -0.25) is 4.90 Å². The molecular weight excluding hydrogens is 373 g/mol. The molecular formula is C19H19ClFN3O3. The predicted molar refractivity (Wildman–Crippen MR) is 99.8 cm³/mol. The van der Waals surface area contributed by atoms with Crippen molar-refractivity contribution < 1.29 is 18.7 Å². The van der Waals surface area contributed by atoms with E-state index in [2.05, 4.69) is 10.2 Å². The summed E-state index contributed by atoms with van der Waals surface area (Å²) < 4.78 is 24.6. The van der Waals surface area contributed by atoms with Crippen LogP contribution in [-0.4, -0.2) is 48.8 Å². The van der Waals surface area contributed by atoms with Gasteiger partial charge in [-0.15, -0.1) is 0 Å². The highest BCUT2D eigenvalue weighted by atomic mass is 35.5. The Hall–Kier alpha value is -2.51. The molecule has 4 rings (SSSR count). The van der Waals surface area contributed by atoms with Crippen LogP contribution in [0.15, 0.2) is 36.4 Å². The van der Waals surface area contributed by atoms with Gasteiger partial charge in [0.25, 0.3) is 0 Å². The van der Waals surface area contributed by atoms with Crippen LogP contribution < -0.4 is 14.8 Å². The summed E-state index contributed by atoms with van der Waals surface area (Å²) in [6.45, 7) is 3.67. The van der Waals surface area contributed by atoms with Gasteiger partial charge in [-0.1, -0.05) is 17.7 Å². The van der Waals surface area contributed by atoms with E-state index in [0.717, 1.165) is 36.7 Å². The number of carbonyl (C=O) groups excluding carboxylic acids is 1. The Balaban J connectivity index is 1.30. The molecule has 2 aliphatic rings. The second kappa shape index (κ2) is 7.62. The van der Waals surface area contributed by atoms with Crippen LogP contribution in [0.3, 0.4) is 0 Å². The first kappa shape index (κ1) is 17.9. The van der Waals surface area contributed by atoms with E-state index in [1.807, 2.05) is 18.2 Å². The third-order valence-electron chi connectivity index (χ3n) is 4.68. The van der Waals surface area contributed by atoms with Gasteiger partial charge in [0.1, 0.15) is 5.82 Å². The maximum absolute atomic E-state index is 13.8. The van der Waals surface area contributed by atoms with Crippen LogP contribution >= 0.6 is 11.6 Å². The molecule has 0 radical (unpaired) electrons. The molecule has 2 aliphatic heterocycles. The normalized spacial score (nSPS) is 16.4. The fraction of sp³-hybridized carbons (Fsp3) is 0.316. The molecule has 1 N–H and O–H groups in total. The number of nitrogens with one attached hydrogen (secondary N) is 1. The van der Waals surface area contributed by atoms with Gasteiger partial charge < -0.3 is 19.7 Å². The molecule has 0 saturated carbocycles. The number of anilines is 1. The number of carbonyl (C=O) groups is 1. The maximum Gasteiger partial charge on any atom is 0.322 e. The molecule has 1 fully saturated rings. The Labute approximate surface area is 161 Å². The summed E-state index contributed by atoms with van der Waals surface area (Å²) in [5.41, 5.74) is 1.27. The van der Waals surface area contributed by atoms with E-state index in [0.29, 0.717) is 18.1 Å². The van der Waals surface area contributed by atoms with Crippen LogP contribution in [0.4, 0.5) is 14.9 Å². The highest BCUT2D eigenvalue weighted by Crippen LogP contribution is 2.32. The number of rotatable bonds is 3. The Bertz CT molecular complexity index is 856. The van der Waals surface area contributed by atoms with Crippen molar-refractivity contribution in [2.45, 2.75) is 6.54 Å². The number of fused-ring (bicyclic) bond motifs is 1. The van der Waals surface area contributed by atoms with Crippen LogP contribution in [0, 0.1) is 5.82 Å². The lowest BCUT2D eigenvalue weighted by molar-refractivity contribution is 0.143. The van der Waals surface area contributed by atoms with E-state index < -0.39 is 5.82 Å². The second-order valence-electron chi connectivity index (χ2n) is 6.51. The van der Waals surface area contributed by atoms with Crippen LogP contribution in [0.2, 0.25) is 5.02 Å². The molecule has 0 aromatic heterocycles. The number of piperazine rings is 1. The Morgan fingerprint density at radius 1 is 1.07 bits per heavy atom. The average Bonchev–Trinajstić information content (AvgIpc) is 3.12. The molecule has 2 aromatic rings. The van der Waals surface area contributed by atoms with Crippen LogP contribution in [0.5, 0.6) is 11.5 Å². The van der Waals surface area contributed by atoms with Gasteiger partial charge >= 0.3 is 6.03 Å². The number of urea groups is 1. The van der Waals surface area contributed by atoms with Gasteiger partial charge in [0.2, 0.25) is 6.79 Å². The van der Waals surface area contributed by atoms with Crippen molar-refractivity contribution in [2.24, 2.45) is 0 Å². The van der Waals surface area contributed by atoms with Gasteiger partial charge in [-0.25, -0.2) is 9.18 Å². The highest BCUT2D eigenvalue weighted by Gasteiger charge is 2.22. The molecule has 142 valence electrons. The largest absolute Gasteiger partial charge is 0.454 e. The van der Waals surface area contributed by atoms with Crippen molar-refractivity contribution in [1.82, 2.24) is 9.80 Å². The lowest BCUT2D eigenvalue weighted by atomic mass is 10.1. The molecule has 0 atom stereocenters. The van der Waals surface area contributed by atoms with Gasteiger partial charge in [-0.05, 0) is 35.9 Å². The average molecular weight is 392 g/mol. The summed E-state index contributed by atoms with van der Waals surface area (Å²) in [5.74, 6) is 1.00. The summed E-state index contributed by atoms with van der Waals surface area (Å²) in [7, 11) is 0. The van der Waals surface area contributed by atoms with E-state index in [1.165, 1.54) is 12.1 Å². The quantitative estimate of drug-likeness (QED) is 0.869. The molecule has 0 unspecified atom stereocenters. The summed E-state index contributed by atoms with van der Waals surface area (Å²) in [6.07, 6.45) is 0. The molecule has 2 heterocycles. The first-order valence-corrected chi connectivity index (χ1v) is 9.08. The molecule has 0 bridgehead atoms. The third kappa shape index (κ3) is 4.09. The fourth-order valence-corrected chi connectivity index (χ4v) is 3.35. The second-order valence-corrected chi connectivity index (χ2v) is 6.94. The first-order chi connectivity index (χ1) is 13.1. The summed E-state index contributed by atoms with van der Waals surface area (Å²) in [6, 6.07) is 9.82. The molecule has 0 aliphatic carbocycles. The number of nitrogens with zero attached hydrogens (tertiary/aromatic N) is 2. The van der Waals surface area contributed by atoms with Gasteiger partial charge in [0, 0.05) is 37.7 Å². The summed E-state index contributed by atoms with van der Waals surface area (Å²) in [5, 5.41) is 2.90. The van der Waals surface area contributed by atoms with Crippen molar-refractivity contribution in [1.29, 1.82) is 0 Å². The van der Waals surface area contributed by atoms with E-state index >= 15 is 0 Å². The number of halogens is 2. The van der Waals surface area contributed by atoms with E-state index in [-0.39, 0.29) is 18.5 Å². The molecule has 6 nitrogen and oxygen atoms in total. The monoisotopic (exact) mass is 391 g/mol. The number of hydrogen-bond donors (Lipinski definition) is 1. The van der Waals surface area contributed by atoms with Crippen molar-refractivity contribution in [2.75, 3.05) is 38.3 Å². The summed E-state index contributed by atoms with van der Waals surface area (Å²) in [4.78, 5) is 16.3. The summed E-state index contributed by atoms with van der Waals surface area (Å²) >= 11 is 5.73. The topological polar surface area (TPSA) is 54.0 Å². The number of ether oxygens (including phenoxy) is 2. The molecule has 27 heavy (non-hydrogen) atoms. The molecule has 2 aromatic carbocycles. The van der Waals surface area contributed by atoms with E-state index in [1.54, 1.807) is 11.0 Å². The van der Waals surface area contributed by atoms with E-state index in [4.69, 9.17) is 21.1 Å².